The van der Waals surface area contributed by atoms with E-state index in [1.807, 2.05) is 11.8 Å². The van der Waals surface area contributed by atoms with Gasteiger partial charge in [0.05, 0.1) is 17.6 Å². The van der Waals surface area contributed by atoms with Gasteiger partial charge in [0.25, 0.3) is 0 Å². The quantitative estimate of drug-likeness (QED) is 0.825. The lowest BCUT2D eigenvalue weighted by atomic mass is 9.93. The highest BCUT2D eigenvalue weighted by Crippen LogP contribution is 2.24. The monoisotopic (exact) mass is 314 g/mol. The molecule has 0 bridgehead atoms. The summed E-state index contributed by atoms with van der Waals surface area (Å²) in [6.07, 6.45) is 3.59. The first-order chi connectivity index (χ1) is 11.2. The number of pyridine rings is 1. The maximum Gasteiger partial charge on any atom is 0.228 e. The molecule has 1 aromatic rings. The third kappa shape index (κ3) is 3.30. The number of carbonyl (C=O) groups is 1. The number of ether oxygens (including phenoxy) is 1. The van der Waals surface area contributed by atoms with Gasteiger partial charge in [-0.05, 0) is 31.9 Å². The van der Waals surface area contributed by atoms with E-state index in [0.717, 1.165) is 25.3 Å². The Labute approximate surface area is 136 Å². The van der Waals surface area contributed by atoms with Crippen LogP contribution in [0.4, 0.5) is 5.82 Å². The Balaban J connectivity index is 1.62. The van der Waals surface area contributed by atoms with Gasteiger partial charge in [0, 0.05) is 39.0 Å². The number of rotatable bonds is 2. The van der Waals surface area contributed by atoms with E-state index in [9.17, 15) is 10.1 Å². The smallest absolute Gasteiger partial charge is 0.228 e. The number of nitrogens with zero attached hydrogens (tertiary/aromatic N) is 4. The van der Waals surface area contributed by atoms with E-state index in [-0.39, 0.29) is 17.9 Å². The van der Waals surface area contributed by atoms with Crippen molar-refractivity contribution in [2.24, 2.45) is 5.92 Å². The van der Waals surface area contributed by atoms with E-state index < -0.39 is 0 Å². The molecule has 1 amide bonds. The van der Waals surface area contributed by atoms with Crippen LogP contribution >= 0.6 is 0 Å². The molecular formula is C17H22N4O2. The molecule has 3 rings (SSSR count). The van der Waals surface area contributed by atoms with Crippen LogP contribution in [-0.4, -0.2) is 54.7 Å². The highest BCUT2D eigenvalue weighted by atomic mass is 16.5. The molecule has 0 aromatic carbocycles. The average molecular weight is 314 g/mol. The van der Waals surface area contributed by atoms with Crippen LogP contribution in [0.3, 0.4) is 0 Å². The van der Waals surface area contributed by atoms with E-state index in [1.165, 1.54) is 0 Å². The fraction of sp³-hybridized carbons (Fsp3) is 0.588. The lowest BCUT2D eigenvalue weighted by Gasteiger charge is -2.39. The van der Waals surface area contributed by atoms with Gasteiger partial charge >= 0.3 is 0 Å². The van der Waals surface area contributed by atoms with E-state index in [2.05, 4.69) is 16.0 Å². The molecular weight excluding hydrogens is 292 g/mol. The van der Waals surface area contributed by atoms with Crippen molar-refractivity contribution in [2.75, 3.05) is 37.7 Å². The zero-order valence-electron chi connectivity index (χ0n) is 13.4. The number of piperazine rings is 1. The summed E-state index contributed by atoms with van der Waals surface area (Å²) in [6.45, 7) is 5.51. The lowest BCUT2D eigenvalue weighted by molar-refractivity contribution is -0.144. The van der Waals surface area contributed by atoms with Crippen LogP contribution in [0.5, 0.6) is 0 Å². The van der Waals surface area contributed by atoms with Crippen molar-refractivity contribution >= 4 is 11.7 Å². The average Bonchev–Trinajstić information content (AvgIpc) is 2.61. The van der Waals surface area contributed by atoms with Crippen molar-refractivity contribution in [2.45, 2.75) is 25.9 Å². The van der Waals surface area contributed by atoms with E-state index in [4.69, 9.17) is 4.74 Å². The second-order valence-corrected chi connectivity index (χ2v) is 6.12. The van der Waals surface area contributed by atoms with Crippen LogP contribution in [0.15, 0.2) is 18.3 Å². The van der Waals surface area contributed by atoms with Crippen LogP contribution in [0.25, 0.3) is 0 Å². The molecule has 0 aliphatic carbocycles. The topological polar surface area (TPSA) is 69.5 Å². The molecule has 2 atom stereocenters. The molecule has 3 heterocycles. The predicted octanol–water partition coefficient (Wildman–Crippen LogP) is 1.42. The van der Waals surface area contributed by atoms with Gasteiger partial charge in [-0.1, -0.05) is 0 Å². The number of aromatic nitrogens is 1. The van der Waals surface area contributed by atoms with Gasteiger partial charge in [0.2, 0.25) is 5.91 Å². The standard InChI is InChI=1S/C17H22N4O2/c1-13-15(5-3-11-23-13)17(22)21-9-7-20(8-10-21)16-14(12-18)4-2-6-19-16/h2,4,6,13,15H,3,5,7-11H2,1H3/t13-,15-/m0/s1. The van der Waals surface area contributed by atoms with Gasteiger partial charge in [-0.3, -0.25) is 4.79 Å². The molecule has 2 saturated heterocycles. The van der Waals surface area contributed by atoms with Gasteiger partial charge in [-0.25, -0.2) is 4.98 Å². The van der Waals surface area contributed by atoms with Gasteiger partial charge in [-0.15, -0.1) is 0 Å². The molecule has 0 saturated carbocycles. The summed E-state index contributed by atoms with van der Waals surface area (Å²) in [7, 11) is 0. The van der Waals surface area contributed by atoms with Crippen molar-refractivity contribution in [3.05, 3.63) is 23.9 Å². The fourth-order valence-corrected chi connectivity index (χ4v) is 3.36. The van der Waals surface area contributed by atoms with Crippen LogP contribution < -0.4 is 4.90 Å². The third-order valence-corrected chi connectivity index (χ3v) is 4.72. The summed E-state index contributed by atoms with van der Waals surface area (Å²) in [5.41, 5.74) is 0.585. The summed E-state index contributed by atoms with van der Waals surface area (Å²) >= 11 is 0. The molecule has 2 aliphatic rings. The van der Waals surface area contributed by atoms with E-state index in [1.54, 1.807) is 18.3 Å². The number of carbonyl (C=O) groups excluding carboxylic acids is 1. The van der Waals surface area contributed by atoms with Crippen molar-refractivity contribution in [1.82, 2.24) is 9.88 Å². The molecule has 0 spiro atoms. The Morgan fingerprint density at radius 3 is 2.87 bits per heavy atom. The van der Waals surface area contributed by atoms with Crippen LogP contribution in [0.1, 0.15) is 25.3 Å². The molecule has 2 aliphatic heterocycles. The normalized spacial score (nSPS) is 25.0. The number of anilines is 1. The minimum atomic E-state index is -0.0141. The summed E-state index contributed by atoms with van der Waals surface area (Å²) in [5.74, 6) is 0.912. The Morgan fingerprint density at radius 2 is 2.17 bits per heavy atom. The highest BCUT2D eigenvalue weighted by Gasteiger charge is 2.33. The Kier molecular flexibility index (Phi) is 4.77. The van der Waals surface area contributed by atoms with E-state index >= 15 is 0 Å². The highest BCUT2D eigenvalue weighted by molar-refractivity contribution is 5.79. The zero-order valence-corrected chi connectivity index (χ0v) is 13.4. The second-order valence-electron chi connectivity index (χ2n) is 6.12. The number of nitriles is 1. The van der Waals surface area contributed by atoms with Crippen molar-refractivity contribution in [3.63, 3.8) is 0 Å². The first-order valence-corrected chi connectivity index (χ1v) is 8.21. The van der Waals surface area contributed by atoms with Gasteiger partial charge in [0.15, 0.2) is 0 Å². The second kappa shape index (κ2) is 6.97. The maximum absolute atomic E-state index is 12.7. The van der Waals surface area contributed by atoms with Crippen LogP contribution in [-0.2, 0) is 9.53 Å². The van der Waals surface area contributed by atoms with Gasteiger partial charge in [0.1, 0.15) is 11.9 Å². The Morgan fingerprint density at radius 1 is 1.39 bits per heavy atom. The maximum atomic E-state index is 12.7. The molecule has 6 nitrogen and oxygen atoms in total. The Bertz CT molecular complexity index is 605. The first-order valence-electron chi connectivity index (χ1n) is 8.21. The van der Waals surface area contributed by atoms with Crippen molar-refractivity contribution in [3.8, 4) is 6.07 Å². The zero-order chi connectivity index (χ0) is 16.2. The van der Waals surface area contributed by atoms with Crippen molar-refractivity contribution < 1.29 is 9.53 Å². The first kappa shape index (κ1) is 15.8. The number of hydrogen-bond donors (Lipinski definition) is 0. The minimum Gasteiger partial charge on any atom is -0.378 e. The summed E-state index contributed by atoms with van der Waals surface area (Å²) in [5, 5.41) is 9.19. The molecule has 2 fully saturated rings. The minimum absolute atomic E-state index is 0.00950. The fourth-order valence-electron chi connectivity index (χ4n) is 3.36. The SMILES string of the molecule is C[C@@H]1OCCC[C@@H]1C(=O)N1CCN(c2ncccc2C#N)CC1. The molecule has 23 heavy (non-hydrogen) atoms. The molecule has 0 radical (unpaired) electrons. The van der Waals surface area contributed by atoms with Crippen molar-refractivity contribution in [1.29, 1.82) is 5.26 Å². The summed E-state index contributed by atoms with van der Waals surface area (Å²) in [4.78, 5) is 21.0. The summed E-state index contributed by atoms with van der Waals surface area (Å²) in [6, 6.07) is 5.73. The molecule has 6 heteroatoms. The summed E-state index contributed by atoms with van der Waals surface area (Å²) < 4.78 is 5.62. The van der Waals surface area contributed by atoms with Gasteiger partial charge in [-0.2, -0.15) is 5.26 Å². The third-order valence-electron chi connectivity index (χ3n) is 4.72. The molecule has 0 unspecified atom stereocenters. The van der Waals surface area contributed by atoms with Crippen LogP contribution in [0.2, 0.25) is 0 Å². The number of amides is 1. The lowest BCUT2D eigenvalue weighted by Crippen LogP contribution is -2.52. The predicted molar refractivity (Wildman–Crippen MR) is 85.9 cm³/mol. The molecule has 0 N–H and O–H groups in total. The number of hydrogen-bond acceptors (Lipinski definition) is 5. The molecule has 1 aromatic heterocycles. The van der Waals surface area contributed by atoms with Crippen LogP contribution in [0, 0.1) is 17.2 Å². The largest absolute Gasteiger partial charge is 0.378 e. The van der Waals surface area contributed by atoms with E-state index in [0.29, 0.717) is 31.7 Å². The Hall–Kier alpha value is -2.13. The van der Waals surface area contributed by atoms with Gasteiger partial charge < -0.3 is 14.5 Å². The molecule has 122 valence electrons.